The summed E-state index contributed by atoms with van der Waals surface area (Å²) in [5.41, 5.74) is 1.30. The number of nitrogens with one attached hydrogen (secondary N) is 1. The van der Waals surface area contributed by atoms with Crippen LogP contribution in [0.1, 0.15) is 17.5 Å². The smallest absolute Gasteiger partial charge is 0.870 e. The maximum absolute atomic E-state index is 11.9. The summed E-state index contributed by atoms with van der Waals surface area (Å²) in [6, 6.07) is 8.58. The van der Waals surface area contributed by atoms with Gasteiger partial charge in [0.15, 0.2) is 17.3 Å². The molecule has 1 atom stereocenters. The number of methoxy groups -OCH3 is 2. The van der Waals surface area contributed by atoms with Gasteiger partial charge in [-0.3, -0.25) is 4.79 Å². The number of ether oxygens (including phenoxy) is 2. The number of ketones is 1. The molecule has 0 aliphatic heterocycles. The molecule has 0 bridgehead atoms. The van der Waals surface area contributed by atoms with Crippen LogP contribution in [0.3, 0.4) is 0 Å². The van der Waals surface area contributed by atoms with Gasteiger partial charge in [-0.2, -0.15) is 11.8 Å². The molecule has 2 aliphatic rings. The van der Waals surface area contributed by atoms with Crippen LogP contribution >= 0.6 is 11.8 Å². The Hall–Kier alpha value is -2.85. The van der Waals surface area contributed by atoms with Crippen LogP contribution in [0.15, 0.2) is 60.4 Å². The summed E-state index contributed by atoms with van der Waals surface area (Å²) < 4.78 is 9.94. The molecule has 263 valence electrons. The van der Waals surface area contributed by atoms with Gasteiger partial charge in [0.2, 0.25) is 0 Å². The molecule has 0 saturated heterocycles. The third kappa shape index (κ3) is 19.2. The third-order valence-corrected chi connectivity index (χ3v) is 6.95. The van der Waals surface area contributed by atoms with Gasteiger partial charge in [-0.25, -0.2) is 0 Å². The fourth-order valence-corrected chi connectivity index (χ4v) is 4.29. The quantitative estimate of drug-likeness (QED) is 0.111. The topological polar surface area (TPSA) is 151 Å². The Morgan fingerprint density at radius 2 is 1.45 bits per heavy atom. The minimum Gasteiger partial charge on any atom is -0.870 e. The SMILES string of the molecule is COc1cc(/C=C/C(O)=C/C(=O)/C=C/c2ccc(O)c(OC)c2)ccc1[O-].CSCC[C@H](NC[C]1[CH][CH][CH][CH]1)C(=O)[O-].[CH]1[CH][CH][CH][CH]1.[Cu+2].[Fe+2]. The van der Waals surface area contributed by atoms with Crippen LogP contribution in [-0.2, 0) is 43.7 Å². The number of rotatable bonds is 14. The van der Waals surface area contributed by atoms with Gasteiger partial charge in [0.25, 0.3) is 0 Å². The first-order valence-corrected chi connectivity index (χ1v) is 15.9. The maximum atomic E-state index is 11.9. The molecule has 0 spiro atoms. The molecule has 4 rings (SSSR count). The van der Waals surface area contributed by atoms with Crippen molar-refractivity contribution in [1.82, 2.24) is 5.32 Å². The number of aliphatic hydroxyl groups excluding tert-OH is 1. The minimum atomic E-state index is -1.02. The molecule has 11 radical (unpaired) electrons. The number of phenolic OH excluding ortho intramolecular Hbond substituents is 1. The van der Waals surface area contributed by atoms with Crippen molar-refractivity contribution in [3.05, 3.63) is 135 Å². The van der Waals surface area contributed by atoms with Crippen LogP contribution < -0.4 is 25.0 Å². The van der Waals surface area contributed by atoms with E-state index >= 15 is 0 Å². The predicted octanol–water partition coefficient (Wildman–Crippen LogP) is 4.09. The molecular formula is C37H39CuFeNO8S+2. The van der Waals surface area contributed by atoms with E-state index in [0.717, 1.165) is 17.7 Å². The molecule has 12 heteroatoms. The van der Waals surface area contributed by atoms with Crippen LogP contribution in [0.25, 0.3) is 12.2 Å². The number of hydrogen-bond acceptors (Lipinski definition) is 10. The van der Waals surface area contributed by atoms with E-state index in [1.807, 2.05) is 64.0 Å². The van der Waals surface area contributed by atoms with Crippen molar-refractivity contribution in [2.24, 2.45) is 0 Å². The van der Waals surface area contributed by atoms with E-state index in [0.29, 0.717) is 29.8 Å². The minimum absolute atomic E-state index is 0. The maximum Gasteiger partial charge on any atom is 2.00 e. The standard InChI is InChI=1S/C21H20O6.C11H16NO2S.C5H5.Cu.Fe/c1-26-20-11-14(5-9-18(20)24)3-7-16(22)13-17(23)8-4-15-6-10-19(25)21(12-15)27-2;1-15-7-6-10(11(13)14)12-8-9-4-2-3-5-9;1-2-4-5-3-1;;/h3-13,22,24-25H,1-2H3;2-5,10,12H,6-8H2,1H3,(H,13,14);1-5H;;/q;;;2*+2/p-2/b7-3+,8-4+,16-13-;;;;/t;10-;;;/m.0.../s1. The zero-order valence-corrected chi connectivity index (χ0v) is 30.0. The summed E-state index contributed by atoms with van der Waals surface area (Å²) in [6.45, 7) is 0.583. The van der Waals surface area contributed by atoms with Crippen molar-refractivity contribution < 1.29 is 73.6 Å². The van der Waals surface area contributed by atoms with Crippen molar-refractivity contribution >= 4 is 35.7 Å². The Bertz CT molecular complexity index is 1340. The molecule has 2 saturated carbocycles. The van der Waals surface area contributed by atoms with E-state index in [9.17, 15) is 30.0 Å². The number of carbonyl (C=O) groups is 2. The van der Waals surface area contributed by atoms with Gasteiger partial charge < -0.3 is 40.0 Å². The van der Waals surface area contributed by atoms with Crippen LogP contribution in [0, 0.1) is 63.7 Å². The number of phenols is 1. The number of aliphatic carboxylic acids is 1. The number of aliphatic hydroxyl groups is 1. The second kappa shape index (κ2) is 26.9. The van der Waals surface area contributed by atoms with Crippen molar-refractivity contribution in [3.63, 3.8) is 0 Å². The molecule has 9 nitrogen and oxygen atoms in total. The largest absolute Gasteiger partial charge is 2.00 e. The van der Waals surface area contributed by atoms with Crippen LogP contribution in [0.2, 0.25) is 0 Å². The number of benzene rings is 2. The second-order valence-electron chi connectivity index (χ2n) is 9.77. The summed E-state index contributed by atoms with van der Waals surface area (Å²) in [7, 11) is 2.83. The van der Waals surface area contributed by atoms with E-state index in [-0.39, 0.29) is 57.1 Å². The summed E-state index contributed by atoms with van der Waals surface area (Å²) in [4.78, 5) is 22.7. The molecule has 0 aromatic heterocycles. The van der Waals surface area contributed by atoms with E-state index < -0.39 is 17.8 Å². The number of carbonyl (C=O) groups excluding carboxylic acids is 2. The van der Waals surface area contributed by atoms with E-state index in [4.69, 9.17) is 9.47 Å². The van der Waals surface area contributed by atoms with E-state index in [1.54, 1.807) is 36.0 Å². The third-order valence-electron chi connectivity index (χ3n) is 6.30. The fraction of sp³-hybridized carbons (Fsp3) is 0.189. The first kappa shape index (κ1) is 46.1. The van der Waals surface area contributed by atoms with Crippen LogP contribution in [-0.4, -0.2) is 60.8 Å². The first-order valence-electron chi connectivity index (χ1n) is 14.5. The summed E-state index contributed by atoms with van der Waals surface area (Å²) in [6.07, 6.45) is 27.1. The number of aromatic hydroxyl groups is 1. The van der Waals surface area contributed by atoms with E-state index in [1.165, 1.54) is 50.6 Å². The molecule has 3 N–H and O–H groups in total. The summed E-state index contributed by atoms with van der Waals surface area (Å²) in [5, 5.41) is 44.6. The van der Waals surface area contributed by atoms with E-state index in [2.05, 4.69) is 5.32 Å². The predicted molar refractivity (Wildman–Crippen MR) is 183 cm³/mol. The van der Waals surface area contributed by atoms with Gasteiger partial charge in [0, 0.05) is 18.7 Å². The molecule has 0 heterocycles. The molecule has 0 amide bonds. The van der Waals surface area contributed by atoms with Gasteiger partial charge in [-0.1, -0.05) is 36.1 Å². The van der Waals surface area contributed by atoms with Crippen molar-refractivity contribution in [1.29, 1.82) is 0 Å². The Labute approximate surface area is 316 Å². The van der Waals surface area contributed by atoms with Gasteiger partial charge in [-0.05, 0) is 124 Å². The number of thioether (sulfide) groups is 1. The zero-order chi connectivity index (χ0) is 34.4. The Morgan fingerprint density at radius 1 is 0.898 bits per heavy atom. The molecule has 2 aromatic rings. The summed E-state index contributed by atoms with van der Waals surface area (Å²) >= 11 is 1.64. The van der Waals surface area contributed by atoms with Gasteiger partial charge in [0.1, 0.15) is 11.5 Å². The van der Waals surface area contributed by atoms with Crippen LogP contribution in [0.4, 0.5) is 0 Å². The molecule has 0 unspecified atom stereocenters. The molecular weight excluding hydrogens is 738 g/mol. The average Bonchev–Trinajstić information content (AvgIpc) is 3.82. The zero-order valence-electron chi connectivity index (χ0n) is 27.2. The number of carboxylic acid groups (broad SMARTS) is 1. The monoisotopic (exact) mass is 776 g/mol. The number of carboxylic acids is 1. The van der Waals surface area contributed by atoms with Gasteiger partial charge in [-0.15, -0.1) is 0 Å². The normalized spacial score (nSPS) is 14.9. The van der Waals surface area contributed by atoms with Crippen molar-refractivity contribution in [2.45, 2.75) is 12.5 Å². The Kier molecular flexibility index (Phi) is 25.4. The molecule has 2 fully saturated rings. The van der Waals surface area contributed by atoms with Gasteiger partial charge in [0.05, 0.1) is 20.2 Å². The Morgan fingerprint density at radius 3 is 2.00 bits per heavy atom. The number of allylic oxidation sites excluding steroid dienone is 3. The average molecular weight is 777 g/mol. The molecule has 2 aliphatic carbocycles. The molecule has 49 heavy (non-hydrogen) atoms. The second-order valence-corrected chi connectivity index (χ2v) is 10.8. The fourth-order valence-electron chi connectivity index (χ4n) is 3.82. The Balaban J connectivity index is 0.000000877. The van der Waals surface area contributed by atoms with Crippen LogP contribution in [0.5, 0.6) is 23.0 Å². The first-order chi connectivity index (χ1) is 22.7. The van der Waals surface area contributed by atoms with Crippen molar-refractivity contribution in [3.8, 4) is 23.0 Å². The van der Waals surface area contributed by atoms with Crippen molar-refractivity contribution in [2.75, 3.05) is 32.8 Å². The molecule has 2 aromatic carbocycles. The summed E-state index contributed by atoms with van der Waals surface area (Å²) in [5.74, 6) is 0.517. The van der Waals surface area contributed by atoms with Gasteiger partial charge >= 0.3 is 34.1 Å². The number of hydrogen-bond donors (Lipinski definition) is 3.